The zero-order valence-corrected chi connectivity index (χ0v) is 29.8. The van der Waals surface area contributed by atoms with Crippen LogP contribution in [-0.2, 0) is 42.7 Å². The molecule has 9 nitrogen and oxygen atoms in total. The summed E-state index contributed by atoms with van der Waals surface area (Å²) in [6.07, 6.45) is 16.7. The first-order valence-electron chi connectivity index (χ1n) is 18.4. The van der Waals surface area contributed by atoms with Crippen LogP contribution in [-0.4, -0.2) is 76.9 Å². The molecule has 6 atom stereocenters. The Morgan fingerprint density at radius 2 is 1.52 bits per heavy atom. The van der Waals surface area contributed by atoms with Gasteiger partial charge >= 0.3 is 11.9 Å². The van der Waals surface area contributed by atoms with Crippen molar-refractivity contribution < 1.29 is 42.7 Å². The smallest absolute Gasteiger partial charge is 0.311 e. The molecule has 0 spiro atoms. The van der Waals surface area contributed by atoms with E-state index in [1.807, 2.05) is 0 Å². The topological polar surface area (TPSA) is 102 Å². The van der Waals surface area contributed by atoms with Gasteiger partial charge in [-0.15, -0.1) is 0 Å². The van der Waals surface area contributed by atoms with Crippen LogP contribution in [0.1, 0.15) is 131 Å². The minimum absolute atomic E-state index is 0.120. The highest BCUT2D eigenvalue weighted by molar-refractivity contribution is 5.73. The monoisotopic (exact) mass is 654 g/mol. The summed E-state index contributed by atoms with van der Waals surface area (Å²) < 4.78 is 38.6. The Kier molecular flexibility index (Phi) is 22.5. The Bertz CT molecular complexity index is 828. The molecular formula is C37H66O9. The lowest BCUT2D eigenvalue weighted by Gasteiger charge is -2.31. The molecule has 2 aliphatic rings. The van der Waals surface area contributed by atoms with E-state index in [4.69, 9.17) is 33.2 Å². The Labute approximate surface area is 279 Å². The minimum Gasteiger partial charge on any atom is -0.436 e. The zero-order chi connectivity index (χ0) is 33.4. The molecule has 0 N–H and O–H groups in total. The maximum Gasteiger partial charge on any atom is 0.311 e. The highest BCUT2D eigenvalue weighted by Gasteiger charge is 2.33. The van der Waals surface area contributed by atoms with Crippen LogP contribution in [0.2, 0.25) is 0 Å². The highest BCUT2D eigenvalue weighted by Crippen LogP contribution is 2.36. The van der Waals surface area contributed by atoms with E-state index in [2.05, 4.69) is 26.8 Å². The number of esters is 2. The molecule has 1 aliphatic heterocycles. The standard InChI is InChI=1S/C37H66O9/c1-6-8-9-13-16-32-19-20-33(35(25-32)37(39)46-31(5)43-24-22-41-27-34-28-44-34)17-14-11-10-12-15-18-36(38)45-30(4)42-23-21-40-26-29(3)7-2/h19,29-31,33-35H,6-18,20-28H2,1-5H3. The van der Waals surface area contributed by atoms with Gasteiger partial charge in [-0.3, -0.25) is 9.59 Å². The van der Waals surface area contributed by atoms with E-state index >= 15 is 0 Å². The fraction of sp³-hybridized carbons (Fsp3) is 0.892. The van der Waals surface area contributed by atoms with Crippen molar-refractivity contribution in [1.29, 1.82) is 0 Å². The fourth-order valence-corrected chi connectivity index (χ4v) is 5.69. The summed E-state index contributed by atoms with van der Waals surface area (Å²) >= 11 is 0. The number of hydrogen-bond acceptors (Lipinski definition) is 9. The molecule has 1 saturated heterocycles. The third-order valence-electron chi connectivity index (χ3n) is 8.92. The Balaban J connectivity index is 1.63. The van der Waals surface area contributed by atoms with Crippen molar-refractivity contribution >= 4 is 11.9 Å². The molecule has 46 heavy (non-hydrogen) atoms. The lowest BCUT2D eigenvalue weighted by atomic mass is 9.76. The second kappa shape index (κ2) is 25.5. The molecule has 0 saturated carbocycles. The van der Waals surface area contributed by atoms with E-state index < -0.39 is 12.6 Å². The number of unbranched alkanes of at least 4 members (excludes halogenated alkanes) is 7. The van der Waals surface area contributed by atoms with E-state index in [9.17, 15) is 9.59 Å². The average Bonchev–Trinajstić information content (AvgIpc) is 3.87. The van der Waals surface area contributed by atoms with Crippen LogP contribution >= 0.6 is 0 Å². The van der Waals surface area contributed by atoms with Crippen LogP contribution in [0.25, 0.3) is 0 Å². The van der Waals surface area contributed by atoms with Gasteiger partial charge in [0.05, 0.1) is 45.6 Å². The number of carbonyl (C=O) groups excluding carboxylic acids is 2. The van der Waals surface area contributed by atoms with Gasteiger partial charge in [0.1, 0.15) is 6.10 Å². The van der Waals surface area contributed by atoms with E-state index in [1.165, 1.54) is 31.3 Å². The van der Waals surface area contributed by atoms with Gasteiger partial charge in [-0.1, -0.05) is 83.8 Å². The summed E-state index contributed by atoms with van der Waals surface area (Å²) in [5.74, 6) is 0.354. The van der Waals surface area contributed by atoms with Crippen molar-refractivity contribution in [2.45, 2.75) is 150 Å². The van der Waals surface area contributed by atoms with Crippen LogP contribution in [0, 0.1) is 17.8 Å². The van der Waals surface area contributed by atoms with Gasteiger partial charge in [-0.25, -0.2) is 0 Å². The second-order valence-corrected chi connectivity index (χ2v) is 13.2. The Hall–Kier alpha value is -1.52. The molecular weight excluding hydrogens is 588 g/mol. The normalized spacial score (nSPS) is 21.3. The third-order valence-corrected chi connectivity index (χ3v) is 8.92. The van der Waals surface area contributed by atoms with Crippen LogP contribution in [0.4, 0.5) is 0 Å². The number of allylic oxidation sites excluding steroid dienone is 2. The third kappa shape index (κ3) is 20.0. The van der Waals surface area contributed by atoms with E-state index in [-0.39, 0.29) is 29.9 Å². The summed E-state index contributed by atoms with van der Waals surface area (Å²) in [5, 5.41) is 0. The van der Waals surface area contributed by atoms with Crippen LogP contribution in [0.5, 0.6) is 0 Å². The van der Waals surface area contributed by atoms with Gasteiger partial charge in [-0.05, 0) is 64.2 Å². The molecule has 1 heterocycles. The summed E-state index contributed by atoms with van der Waals surface area (Å²) in [6.45, 7) is 13.9. The summed E-state index contributed by atoms with van der Waals surface area (Å²) in [5.41, 5.74) is 1.40. The molecule has 9 heteroatoms. The van der Waals surface area contributed by atoms with Crippen molar-refractivity contribution in [3.63, 3.8) is 0 Å². The molecule has 0 amide bonds. The zero-order valence-electron chi connectivity index (χ0n) is 29.8. The lowest BCUT2D eigenvalue weighted by molar-refractivity contribution is -0.184. The number of rotatable bonds is 29. The summed E-state index contributed by atoms with van der Waals surface area (Å²) in [6, 6.07) is 0. The van der Waals surface area contributed by atoms with E-state index in [1.54, 1.807) is 13.8 Å². The van der Waals surface area contributed by atoms with Gasteiger partial charge in [0.2, 0.25) is 0 Å². The van der Waals surface area contributed by atoms with Gasteiger partial charge in [0.25, 0.3) is 0 Å². The predicted molar refractivity (Wildman–Crippen MR) is 179 cm³/mol. The fourth-order valence-electron chi connectivity index (χ4n) is 5.69. The van der Waals surface area contributed by atoms with Crippen molar-refractivity contribution in [2.75, 3.05) is 46.2 Å². The van der Waals surface area contributed by atoms with Crippen molar-refractivity contribution in [3.05, 3.63) is 11.6 Å². The number of ether oxygens (including phenoxy) is 7. The number of carbonyl (C=O) groups is 2. The van der Waals surface area contributed by atoms with Crippen molar-refractivity contribution in [3.8, 4) is 0 Å². The molecule has 1 aliphatic carbocycles. The largest absolute Gasteiger partial charge is 0.436 e. The van der Waals surface area contributed by atoms with Crippen LogP contribution in [0.3, 0.4) is 0 Å². The van der Waals surface area contributed by atoms with Crippen LogP contribution in [0.15, 0.2) is 11.6 Å². The quantitative estimate of drug-likeness (QED) is 0.0262. The molecule has 0 aromatic heterocycles. The van der Waals surface area contributed by atoms with Crippen molar-refractivity contribution in [2.24, 2.45) is 17.8 Å². The maximum atomic E-state index is 13.3. The molecule has 0 aromatic carbocycles. The Morgan fingerprint density at radius 1 is 0.848 bits per heavy atom. The van der Waals surface area contributed by atoms with E-state index in [0.717, 1.165) is 77.4 Å². The molecule has 2 rings (SSSR count). The SMILES string of the molecule is CCCCCCC1=CCC(CCCCCCCC(=O)OC(C)OCCOCC(C)CC)C(C(=O)OC(C)OCCOCC2CO2)C1. The van der Waals surface area contributed by atoms with Gasteiger partial charge in [0, 0.05) is 13.0 Å². The van der Waals surface area contributed by atoms with Crippen LogP contribution < -0.4 is 0 Å². The first-order valence-corrected chi connectivity index (χ1v) is 18.4. The second-order valence-electron chi connectivity index (χ2n) is 13.2. The number of hydrogen-bond donors (Lipinski definition) is 0. The summed E-state index contributed by atoms with van der Waals surface area (Å²) in [7, 11) is 0. The molecule has 0 radical (unpaired) electrons. The molecule has 0 bridgehead atoms. The first kappa shape index (κ1) is 40.7. The first-order chi connectivity index (χ1) is 22.3. The average molecular weight is 655 g/mol. The summed E-state index contributed by atoms with van der Waals surface area (Å²) in [4.78, 5) is 25.5. The van der Waals surface area contributed by atoms with Crippen molar-refractivity contribution in [1.82, 2.24) is 0 Å². The lowest BCUT2D eigenvalue weighted by Crippen LogP contribution is -2.32. The Morgan fingerprint density at radius 3 is 2.24 bits per heavy atom. The van der Waals surface area contributed by atoms with Gasteiger partial charge in [-0.2, -0.15) is 0 Å². The molecule has 1 fully saturated rings. The van der Waals surface area contributed by atoms with Gasteiger partial charge in [0.15, 0.2) is 12.6 Å². The highest BCUT2D eigenvalue weighted by atomic mass is 16.7. The predicted octanol–water partition coefficient (Wildman–Crippen LogP) is 7.93. The molecule has 0 aromatic rings. The number of epoxide rings is 1. The van der Waals surface area contributed by atoms with Gasteiger partial charge < -0.3 is 33.2 Å². The van der Waals surface area contributed by atoms with E-state index in [0.29, 0.717) is 45.4 Å². The molecule has 6 unspecified atom stereocenters. The molecule has 268 valence electrons. The maximum absolute atomic E-state index is 13.3. The minimum atomic E-state index is -0.595.